The molecule has 7 heteroatoms. The van der Waals surface area contributed by atoms with E-state index in [1.54, 1.807) is 0 Å². The van der Waals surface area contributed by atoms with E-state index < -0.39 is 12.4 Å². The molecule has 1 aromatic heterocycles. The minimum Gasteiger partial charge on any atom is -0.435 e. The fraction of sp³-hybridized carbons (Fsp3) is 0.100. The third-order valence-electron chi connectivity index (χ3n) is 1.96. The van der Waals surface area contributed by atoms with E-state index in [-0.39, 0.29) is 22.9 Å². The van der Waals surface area contributed by atoms with Gasteiger partial charge < -0.3 is 15.0 Å². The number of hydrogen-bond donors (Lipinski definition) is 1. The summed E-state index contributed by atoms with van der Waals surface area (Å²) in [6.07, 6.45) is 0. The van der Waals surface area contributed by atoms with Crippen molar-refractivity contribution < 1.29 is 22.4 Å². The first-order chi connectivity index (χ1) is 8.06. The monoisotopic (exact) mass is 244 g/mol. The lowest BCUT2D eigenvalue weighted by molar-refractivity contribution is -0.0499. The summed E-state index contributed by atoms with van der Waals surface area (Å²) in [5, 5.41) is 3.39. The number of nitrogens with zero attached hydrogens (tertiary/aromatic N) is 1. The van der Waals surface area contributed by atoms with E-state index in [9.17, 15) is 13.2 Å². The van der Waals surface area contributed by atoms with Crippen LogP contribution in [-0.2, 0) is 0 Å². The van der Waals surface area contributed by atoms with Gasteiger partial charge in [-0.1, -0.05) is 5.16 Å². The Morgan fingerprint density at radius 3 is 2.59 bits per heavy atom. The van der Waals surface area contributed by atoms with Crippen LogP contribution in [0, 0.1) is 5.82 Å². The summed E-state index contributed by atoms with van der Waals surface area (Å²) in [6.45, 7) is -3.00. The van der Waals surface area contributed by atoms with Gasteiger partial charge in [0, 0.05) is 12.1 Å². The molecule has 0 fully saturated rings. The van der Waals surface area contributed by atoms with Gasteiger partial charge in [0.05, 0.1) is 5.56 Å². The predicted molar refractivity (Wildman–Crippen MR) is 52.9 cm³/mol. The Kier molecular flexibility index (Phi) is 2.90. The van der Waals surface area contributed by atoms with Crippen LogP contribution in [0.25, 0.3) is 11.3 Å². The van der Waals surface area contributed by atoms with Crippen LogP contribution in [-0.4, -0.2) is 11.8 Å². The Morgan fingerprint density at radius 2 is 2.06 bits per heavy atom. The van der Waals surface area contributed by atoms with Crippen molar-refractivity contribution in [2.75, 3.05) is 5.73 Å². The number of rotatable bonds is 3. The van der Waals surface area contributed by atoms with Crippen LogP contribution in [0.3, 0.4) is 0 Å². The van der Waals surface area contributed by atoms with Gasteiger partial charge in [0.25, 0.3) is 0 Å². The molecule has 2 N–H and O–H groups in total. The Balaban J connectivity index is 2.31. The second kappa shape index (κ2) is 4.36. The summed E-state index contributed by atoms with van der Waals surface area (Å²) in [4.78, 5) is 0. The molecule has 0 bridgehead atoms. The highest BCUT2D eigenvalue weighted by Gasteiger charge is 2.13. The van der Waals surface area contributed by atoms with Gasteiger partial charge in [-0.2, -0.15) is 8.78 Å². The first-order valence-corrected chi connectivity index (χ1v) is 4.53. The second-order valence-corrected chi connectivity index (χ2v) is 3.14. The highest BCUT2D eigenvalue weighted by molar-refractivity contribution is 5.61. The smallest absolute Gasteiger partial charge is 0.387 e. The molecule has 0 radical (unpaired) electrons. The van der Waals surface area contributed by atoms with Gasteiger partial charge in [0.2, 0.25) is 0 Å². The van der Waals surface area contributed by atoms with E-state index in [0.717, 1.165) is 6.07 Å². The van der Waals surface area contributed by atoms with Crippen molar-refractivity contribution in [1.82, 2.24) is 5.16 Å². The van der Waals surface area contributed by atoms with Gasteiger partial charge in [-0.3, -0.25) is 0 Å². The van der Waals surface area contributed by atoms with Crippen LogP contribution in [0.5, 0.6) is 5.75 Å². The second-order valence-electron chi connectivity index (χ2n) is 3.14. The average Bonchev–Trinajstić information content (AvgIpc) is 2.64. The van der Waals surface area contributed by atoms with Crippen molar-refractivity contribution in [3.8, 4) is 17.1 Å². The molecule has 0 saturated carbocycles. The molecule has 0 atom stereocenters. The summed E-state index contributed by atoms with van der Waals surface area (Å²) in [5.74, 6) is -0.816. The zero-order valence-electron chi connectivity index (χ0n) is 8.36. The molecule has 0 saturated heterocycles. The minimum atomic E-state index is -3.00. The van der Waals surface area contributed by atoms with Crippen LogP contribution >= 0.6 is 0 Å². The van der Waals surface area contributed by atoms with Gasteiger partial charge in [-0.15, -0.1) is 0 Å². The van der Waals surface area contributed by atoms with Crippen LogP contribution in [0.1, 0.15) is 0 Å². The van der Waals surface area contributed by atoms with Crippen LogP contribution in [0.15, 0.2) is 28.8 Å². The van der Waals surface area contributed by atoms with E-state index in [2.05, 4.69) is 9.89 Å². The number of nitrogens with two attached hydrogens (primary N) is 1. The largest absolute Gasteiger partial charge is 0.435 e. The van der Waals surface area contributed by atoms with Crippen LogP contribution in [0.4, 0.5) is 19.0 Å². The van der Waals surface area contributed by atoms with Crippen molar-refractivity contribution in [3.63, 3.8) is 0 Å². The fourth-order valence-electron chi connectivity index (χ4n) is 1.29. The maximum atomic E-state index is 13.5. The van der Waals surface area contributed by atoms with E-state index in [1.165, 1.54) is 18.2 Å². The summed E-state index contributed by atoms with van der Waals surface area (Å²) >= 11 is 0. The predicted octanol–water partition coefficient (Wildman–Crippen LogP) is 2.66. The molecule has 4 nitrogen and oxygen atoms in total. The molecular weight excluding hydrogens is 237 g/mol. The number of aromatic nitrogens is 1. The molecule has 0 spiro atoms. The quantitative estimate of drug-likeness (QED) is 0.901. The first-order valence-electron chi connectivity index (χ1n) is 4.53. The summed E-state index contributed by atoms with van der Waals surface area (Å²) < 4.78 is 46.1. The SMILES string of the molecule is Nc1cc(-c2ccc(OC(F)F)cc2F)on1. The first kappa shape index (κ1) is 11.3. The molecule has 1 heterocycles. The molecule has 1 aromatic carbocycles. The molecule has 0 unspecified atom stereocenters. The molecule has 0 aliphatic carbocycles. The van der Waals surface area contributed by atoms with E-state index in [0.29, 0.717) is 0 Å². The van der Waals surface area contributed by atoms with Crippen molar-refractivity contribution in [2.24, 2.45) is 0 Å². The molecule has 2 aromatic rings. The Labute approximate surface area is 93.8 Å². The zero-order valence-corrected chi connectivity index (χ0v) is 8.36. The van der Waals surface area contributed by atoms with Crippen molar-refractivity contribution in [3.05, 3.63) is 30.1 Å². The van der Waals surface area contributed by atoms with Gasteiger partial charge >= 0.3 is 6.61 Å². The third-order valence-corrected chi connectivity index (χ3v) is 1.96. The molecule has 0 aliphatic rings. The lowest BCUT2D eigenvalue weighted by atomic mass is 10.1. The van der Waals surface area contributed by atoms with E-state index >= 15 is 0 Å². The van der Waals surface area contributed by atoms with E-state index in [1.807, 2.05) is 0 Å². The molecular formula is C10H7F3N2O2. The van der Waals surface area contributed by atoms with Gasteiger partial charge in [-0.25, -0.2) is 4.39 Å². The molecule has 0 aliphatic heterocycles. The number of nitrogen functional groups attached to an aromatic ring is 1. The van der Waals surface area contributed by atoms with Crippen molar-refractivity contribution >= 4 is 5.82 Å². The molecule has 0 amide bonds. The van der Waals surface area contributed by atoms with Crippen LogP contribution < -0.4 is 10.5 Å². The molecule has 90 valence electrons. The number of anilines is 1. The minimum absolute atomic E-state index is 0.0656. The Morgan fingerprint density at radius 1 is 1.29 bits per heavy atom. The van der Waals surface area contributed by atoms with E-state index in [4.69, 9.17) is 10.3 Å². The van der Waals surface area contributed by atoms with Gasteiger partial charge in [0.15, 0.2) is 11.6 Å². The average molecular weight is 244 g/mol. The molecule has 2 rings (SSSR count). The molecule has 17 heavy (non-hydrogen) atoms. The zero-order chi connectivity index (χ0) is 12.4. The fourth-order valence-corrected chi connectivity index (χ4v) is 1.29. The highest BCUT2D eigenvalue weighted by atomic mass is 19.3. The maximum Gasteiger partial charge on any atom is 0.387 e. The highest BCUT2D eigenvalue weighted by Crippen LogP contribution is 2.27. The number of benzene rings is 1. The maximum absolute atomic E-state index is 13.5. The number of halogens is 3. The van der Waals surface area contributed by atoms with Crippen molar-refractivity contribution in [1.29, 1.82) is 0 Å². The topological polar surface area (TPSA) is 61.3 Å². The summed E-state index contributed by atoms with van der Waals surface area (Å²) in [6, 6.07) is 4.60. The normalized spacial score (nSPS) is 10.8. The standard InChI is InChI=1S/C10H7F3N2O2/c11-7-3-5(16-10(12)13)1-2-6(7)8-4-9(14)15-17-8/h1-4,10H,(H2,14,15). The number of ether oxygens (including phenoxy) is 1. The Hall–Kier alpha value is -2.18. The summed E-state index contributed by atoms with van der Waals surface area (Å²) in [7, 11) is 0. The van der Waals surface area contributed by atoms with Crippen molar-refractivity contribution in [2.45, 2.75) is 6.61 Å². The van der Waals surface area contributed by atoms with Gasteiger partial charge in [-0.05, 0) is 12.1 Å². The summed E-state index contributed by atoms with van der Waals surface area (Å²) in [5.41, 5.74) is 5.38. The Bertz CT molecular complexity index is 528. The lowest BCUT2D eigenvalue weighted by Gasteiger charge is -2.05. The number of alkyl halides is 2. The lowest BCUT2D eigenvalue weighted by Crippen LogP contribution is -2.02. The van der Waals surface area contributed by atoms with Gasteiger partial charge in [0.1, 0.15) is 11.6 Å². The van der Waals surface area contributed by atoms with Crippen LogP contribution in [0.2, 0.25) is 0 Å². The number of hydrogen-bond acceptors (Lipinski definition) is 4. The third kappa shape index (κ3) is 2.49.